The van der Waals surface area contributed by atoms with E-state index in [9.17, 15) is 8.78 Å². The number of anilines is 1. The SMILES string of the molecule is [2H]C([2H])([2H])Oc1nc(N[C@@H]2CCN(C3COC3)CC2(F)F)nn2cc(F)c(-c3ccc4nc(C)n(CC(F)F)c4c3)c12. The second-order valence-electron chi connectivity index (χ2n) is 9.76. The molecule has 0 amide bonds. The Morgan fingerprint density at radius 2 is 2.10 bits per heavy atom. The first-order valence-corrected chi connectivity index (χ1v) is 12.3. The number of aryl methyl sites for hydroxylation is 1. The van der Waals surface area contributed by atoms with Gasteiger partial charge in [0.2, 0.25) is 11.8 Å². The number of rotatable bonds is 7. The van der Waals surface area contributed by atoms with Gasteiger partial charge in [-0.25, -0.2) is 31.5 Å². The van der Waals surface area contributed by atoms with Gasteiger partial charge in [0, 0.05) is 6.54 Å². The van der Waals surface area contributed by atoms with Gasteiger partial charge in [0.25, 0.3) is 12.3 Å². The predicted octanol–water partition coefficient (Wildman–Crippen LogP) is 3.99. The highest BCUT2D eigenvalue weighted by Gasteiger charge is 2.47. The first-order chi connectivity index (χ1) is 19.8. The monoisotopic (exact) mass is 554 g/mol. The number of hydrogen-bond acceptors (Lipinski definition) is 7. The van der Waals surface area contributed by atoms with Gasteiger partial charge < -0.3 is 19.4 Å². The number of nitrogens with one attached hydrogen (secondary N) is 1. The maximum absolute atomic E-state index is 15.5. The average molecular weight is 555 g/mol. The van der Waals surface area contributed by atoms with Crippen LogP contribution in [-0.2, 0) is 11.3 Å². The molecule has 1 N–H and O–H groups in total. The Hall–Kier alpha value is -3.52. The fourth-order valence-electron chi connectivity index (χ4n) is 5.24. The largest absolute Gasteiger partial charge is 0.479 e. The molecule has 2 aliphatic rings. The Bertz CT molecular complexity index is 1640. The molecule has 9 nitrogen and oxygen atoms in total. The summed E-state index contributed by atoms with van der Waals surface area (Å²) in [6.07, 6.45) is -1.69. The lowest BCUT2D eigenvalue weighted by Gasteiger charge is -2.44. The van der Waals surface area contributed by atoms with Crippen molar-refractivity contribution < 1.29 is 35.5 Å². The summed E-state index contributed by atoms with van der Waals surface area (Å²) in [5.41, 5.74) is 0.558. The Morgan fingerprint density at radius 3 is 2.79 bits per heavy atom. The van der Waals surface area contributed by atoms with E-state index in [4.69, 9.17) is 13.6 Å². The molecule has 0 aliphatic carbocycles. The maximum Gasteiger partial charge on any atom is 0.280 e. The van der Waals surface area contributed by atoms with E-state index in [-0.39, 0.29) is 35.1 Å². The molecule has 1 atom stereocenters. The standard InChI is InChI=1S/C25H26F5N7O2/c1-13-31-17-4-3-14(7-18(17)36(13)9-20(27)28)21-16(26)8-37-22(21)23(38-2)33-24(34-37)32-19-5-6-35(12-25(19,29)30)15-10-39-11-15/h3-4,7-8,15,19-20H,5-6,9-12H2,1-2H3,(H,32,34)/t19-/m1/s1/i2D3. The number of halogens is 5. The van der Waals surface area contributed by atoms with Crippen molar-refractivity contribution in [1.82, 2.24) is 29.0 Å². The number of piperidine rings is 1. The van der Waals surface area contributed by atoms with E-state index >= 15 is 13.2 Å². The molecule has 6 rings (SSSR count). The highest BCUT2D eigenvalue weighted by molar-refractivity contribution is 5.90. The summed E-state index contributed by atoms with van der Waals surface area (Å²) in [6.45, 7) is 1.59. The van der Waals surface area contributed by atoms with Gasteiger partial charge in [-0.05, 0) is 31.0 Å². The van der Waals surface area contributed by atoms with E-state index in [1.54, 1.807) is 11.8 Å². The molecule has 1 aromatic carbocycles. The molecule has 3 aromatic heterocycles. The summed E-state index contributed by atoms with van der Waals surface area (Å²) < 4.78 is 107. The Balaban J connectivity index is 1.40. The summed E-state index contributed by atoms with van der Waals surface area (Å²) in [5.74, 6) is -4.66. The Kier molecular flexibility index (Phi) is 5.49. The van der Waals surface area contributed by atoms with Crippen LogP contribution in [0.4, 0.5) is 27.9 Å². The van der Waals surface area contributed by atoms with Gasteiger partial charge in [-0.1, -0.05) is 6.07 Å². The molecule has 14 heteroatoms. The van der Waals surface area contributed by atoms with Crippen LogP contribution in [0.25, 0.3) is 27.7 Å². The quantitative estimate of drug-likeness (QED) is 0.346. The topological polar surface area (TPSA) is 81.7 Å². The van der Waals surface area contributed by atoms with Crippen molar-refractivity contribution in [2.24, 2.45) is 0 Å². The maximum atomic E-state index is 15.5. The lowest BCUT2D eigenvalue weighted by Crippen LogP contribution is -2.61. The van der Waals surface area contributed by atoms with Crippen molar-refractivity contribution in [3.05, 3.63) is 36.0 Å². The lowest BCUT2D eigenvalue weighted by atomic mass is 9.98. The molecule has 0 saturated carbocycles. The minimum atomic E-state index is -3.18. The number of methoxy groups -OCH3 is 1. The van der Waals surface area contributed by atoms with Crippen molar-refractivity contribution in [1.29, 1.82) is 0 Å². The number of likely N-dealkylation sites (tertiary alicyclic amines) is 1. The van der Waals surface area contributed by atoms with E-state index in [2.05, 4.69) is 20.4 Å². The van der Waals surface area contributed by atoms with E-state index in [0.29, 0.717) is 36.6 Å². The van der Waals surface area contributed by atoms with Crippen LogP contribution in [0.3, 0.4) is 0 Å². The summed E-state index contributed by atoms with van der Waals surface area (Å²) in [5, 5.41) is 6.73. The molecular formula is C25H26F5N7O2. The predicted molar refractivity (Wildman–Crippen MR) is 132 cm³/mol. The average Bonchev–Trinajstić information content (AvgIpc) is 3.33. The first kappa shape index (κ1) is 22.3. The van der Waals surface area contributed by atoms with Crippen LogP contribution in [-0.4, -0.2) is 86.8 Å². The van der Waals surface area contributed by atoms with Crippen LogP contribution in [0.5, 0.6) is 5.88 Å². The van der Waals surface area contributed by atoms with Gasteiger partial charge in [-0.15, -0.1) is 5.10 Å². The Labute approximate surface area is 223 Å². The number of aromatic nitrogens is 5. The number of hydrogen-bond donors (Lipinski definition) is 1. The van der Waals surface area contributed by atoms with E-state index in [0.717, 1.165) is 10.7 Å². The van der Waals surface area contributed by atoms with Crippen molar-refractivity contribution in [3.8, 4) is 17.0 Å². The lowest BCUT2D eigenvalue weighted by molar-refractivity contribution is -0.131. The molecule has 2 aliphatic heterocycles. The second-order valence-corrected chi connectivity index (χ2v) is 9.76. The first-order valence-electron chi connectivity index (χ1n) is 13.8. The highest BCUT2D eigenvalue weighted by Crippen LogP contribution is 2.37. The minimum absolute atomic E-state index is 0.0391. The zero-order valence-electron chi connectivity index (χ0n) is 23.7. The summed E-state index contributed by atoms with van der Waals surface area (Å²) >= 11 is 0. The van der Waals surface area contributed by atoms with Gasteiger partial charge in [0.1, 0.15) is 11.3 Å². The van der Waals surface area contributed by atoms with Crippen molar-refractivity contribution in [2.75, 3.05) is 38.7 Å². The molecule has 0 bridgehead atoms. The molecule has 2 saturated heterocycles. The number of benzene rings is 1. The molecule has 208 valence electrons. The zero-order chi connectivity index (χ0) is 30.0. The van der Waals surface area contributed by atoms with Crippen LogP contribution in [0.1, 0.15) is 16.4 Å². The number of alkyl halides is 4. The van der Waals surface area contributed by atoms with Crippen LogP contribution >= 0.6 is 0 Å². The van der Waals surface area contributed by atoms with Crippen molar-refractivity contribution >= 4 is 22.5 Å². The molecule has 0 unspecified atom stereocenters. The van der Waals surface area contributed by atoms with E-state index in [1.807, 2.05) is 0 Å². The molecule has 4 aromatic rings. The van der Waals surface area contributed by atoms with E-state index < -0.39 is 50.2 Å². The molecular weight excluding hydrogens is 525 g/mol. The highest BCUT2D eigenvalue weighted by atomic mass is 19.3. The van der Waals surface area contributed by atoms with Crippen molar-refractivity contribution in [2.45, 2.75) is 44.3 Å². The fraction of sp³-hybridized carbons (Fsp3) is 0.480. The Morgan fingerprint density at radius 1 is 1.28 bits per heavy atom. The van der Waals surface area contributed by atoms with Crippen LogP contribution in [0.15, 0.2) is 24.4 Å². The van der Waals surface area contributed by atoms with Gasteiger partial charge in [-0.2, -0.15) is 4.98 Å². The third-order valence-corrected chi connectivity index (χ3v) is 7.27. The number of nitrogens with zero attached hydrogens (tertiary/aromatic N) is 6. The van der Waals surface area contributed by atoms with Crippen LogP contribution in [0.2, 0.25) is 0 Å². The minimum Gasteiger partial charge on any atom is -0.479 e. The number of ether oxygens (including phenoxy) is 2. The number of fused-ring (bicyclic) bond motifs is 2. The zero-order valence-corrected chi connectivity index (χ0v) is 20.7. The summed E-state index contributed by atoms with van der Waals surface area (Å²) in [6, 6.07) is 3.01. The number of imidazole rings is 1. The van der Waals surface area contributed by atoms with Gasteiger partial charge in [-0.3, -0.25) is 4.90 Å². The molecule has 0 radical (unpaired) electrons. The molecule has 5 heterocycles. The fourth-order valence-corrected chi connectivity index (χ4v) is 5.24. The summed E-state index contributed by atoms with van der Waals surface area (Å²) in [7, 11) is -3.03. The second kappa shape index (κ2) is 9.59. The third-order valence-electron chi connectivity index (χ3n) is 7.27. The summed E-state index contributed by atoms with van der Waals surface area (Å²) in [4.78, 5) is 10.0. The van der Waals surface area contributed by atoms with E-state index in [1.165, 1.54) is 22.8 Å². The van der Waals surface area contributed by atoms with Gasteiger partial charge >= 0.3 is 0 Å². The van der Waals surface area contributed by atoms with Gasteiger partial charge in [0.15, 0.2) is 5.82 Å². The van der Waals surface area contributed by atoms with Gasteiger partial charge in [0.05, 0.1) is 72.3 Å². The molecule has 2 fully saturated rings. The molecule has 39 heavy (non-hydrogen) atoms. The van der Waals surface area contributed by atoms with Crippen LogP contribution in [0, 0.1) is 12.7 Å². The molecule has 0 spiro atoms. The third kappa shape index (κ3) is 4.54. The van der Waals surface area contributed by atoms with Crippen molar-refractivity contribution in [3.63, 3.8) is 0 Å². The normalized spacial score (nSPS) is 21.6. The van der Waals surface area contributed by atoms with Crippen LogP contribution < -0.4 is 10.1 Å². The smallest absolute Gasteiger partial charge is 0.280 e.